The minimum Gasteiger partial charge on any atom is -0.508 e. The van der Waals surface area contributed by atoms with Gasteiger partial charge >= 0.3 is 0 Å². The number of fused-ring (bicyclic) bond motifs is 1. The molecule has 3 heteroatoms. The Morgan fingerprint density at radius 2 is 2.33 bits per heavy atom. The molecule has 0 radical (unpaired) electrons. The van der Waals surface area contributed by atoms with Crippen LogP contribution in [-0.4, -0.2) is 14.9 Å². The van der Waals surface area contributed by atoms with E-state index in [1.54, 1.807) is 18.3 Å². The van der Waals surface area contributed by atoms with Crippen molar-refractivity contribution in [3.05, 3.63) is 24.4 Å². The Morgan fingerprint density at radius 3 is 3.08 bits per heavy atom. The van der Waals surface area contributed by atoms with Crippen LogP contribution in [0.15, 0.2) is 24.4 Å². The predicted octanol–water partition coefficient (Wildman–Crippen LogP) is 1.76. The largest absolute Gasteiger partial charge is 0.508 e. The van der Waals surface area contributed by atoms with E-state index >= 15 is 0 Å². The van der Waals surface area contributed by atoms with Gasteiger partial charge in [0.2, 0.25) is 0 Å². The highest BCUT2D eigenvalue weighted by Gasteiger charge is 2.00. The predicted molar refractivity (Wildman–Crippen MR) is 47.1 cm³/mol. The average Bonchev–Trinajstić information content (AvgIpc) is 2.46. The van der Waals surface area contributed by atoms with Gasteiger partial charge in [0.15, 0.2) is 0 Å². The van der Waals surface area contributed by atoms with E-state index < -0.39 is 0 Å². The Balaban J connectivity index is 2.73. The van der Waals surface area contributed by atoms with Crippen LogP contribution in [0.5, 0.6) is 5.75 Å². The van der Waals surface area contributed by atoms with E-state index in [4.69, 9.17) is 0 Å². The summed E-state index contributed by atoms with van der Waals surface area (Å²) in [7, 11) is 0. The number of aryl methyl sites for hydroxylation is 1. The summed E-state index contributed by atoms with van der Waals surface area (Å²) in [6.07, 6.45) is 1.76. The second-order valence-electron chi connectivity index (χ2n) is 2.70. The molecule has 0 saturated heterocycles. The smallest absolute Gasteiger partial charge is 0.116 e. The third kappa shape index (κ3) is 0.942. The second-order valence-corrected chi connectivity index (χ2v) is 2.70. The molecule has 0 spiro atoms. The van der Waals surface area contributed by atoms with Crippen molar-refractivity contribution in [2.45, 2.75) is 13.5 Å². The van der Waals surface area contributed by atoms with Crippen LogP contribution in [0.1, 0.15) is 6.92 Å². The molecule has 3 nitrogen and oxygen atoms in total. The SMILES string of the molecule is CCn1ncc2cc(O)ccc21. The highest BCUT2D eigenvalue weighted by atomic mass is 16.3. The Kier molecular flexibility index (Phi) is 1.50. The zero-order chi connectivity index (χ0) is 8.55. The molecule has 0 amide bonds. The van der Waals surface area contributed by atoms with Crippen LogP contribution < -0.4 is 0 Å². The summed E-state index contributed by atoms with van der Waals surface area (Å²) in [6.45, 7) is 2.90. The Labute approximate surface area is 70.2 Å². The van der Waals surface area contributed by atoms with E-state index in [1.165, 1.54) is 0 Å². The lowest BCUT2D eigenvalue weighted by molar-refractivity contribution is 0.476. The minimum absolute atomic E-state index is 0.290. The van der Waals surface area contributed by atoms with Gasteiger partial charge < -0.3 is 5.11 Å². The number of rotatable bonds is 1. The molecule has 0 fully saturated rings. The normalized spacial score (nSPS) is 10.8. The molecule has 1 aromatic carbocycles. The van der Waals surface area contributed by atoms with Crippen LogP contribution in [0, 0.1) is 0 Å². The molecule has 2 aromatic rings. The maximum absolute atomic E-state index is 9.18. The first-order valence-corrected chi connectivity index (χ1v) is 3.96. The van der Waals surface area contributed by atoms with Crippen LogP contribution in [0.3, 0.4) is 0 Å². The van der Waals surface area contributed by atoms with Gasteiger partial charge in [-0.1, -0.05) is 0 Å². The Bertz CT molecular complexity index is 406. The topological polar surface area (TPSA) is 38.0 Å². The molecule has 12 heavy (non-hydrogen) atoms. The zero-order valence-corrected chi connectivity index (χ0v) is 6.86. The lowest BCUT2D eigenvalue weighted by atomic mass is 10.2. The number of hydrogen-bond acceptors (Lipinski definition) is 2. The van der Waals surface area contributed by atoms with Crippen molar-refractivity contribution < 1.29 is 5.11 Å². The van der Waals surface area contributed by atoms with Gasteiger partial charge in [-0.2, -0.15) is 5.10 Å². The first kappa shape index (κ1) is 7.16. The number of aromatic nitrogens is 2. The average molecular weight is 162 g/mol. The van der Waals surface area contributed by atoms with Crippen LogP contribution >= 0.6 is 0 Å². The lowest BCUT2D eigenvalue weighted by Gasteiger charge is -1.97. The molecule has 1 N–H and O–H groups in total. The monoisotopic (exact) mass is 162 g/mol. The minimum atomic E-state index is 0.290. The van der Waals surface area contributed by atoms with Crippen molar-refractivity contribution in [2.75, 3.05) is 0 Å². The van der Waals surface area contributed by atoms with Crippen molar-refractivity contribution in [3.8, 4) is 5.75 Å². The van der Waals surface area contributed by atoms with E-state index in [-0.39, 0.29) is 5.75 Å². The molecule has 0 bridgehead atoms. The molecule has 1 heterocycles. The van der Waals surface area contributed by atoms with Gasteiger partial charge in [0.05, 0.1) is 11.7 Å². The summed E-state index contributed by atoms with van der Waals surface area (Å²) >= 11 is 0. The summed E-state index contributed by atoms with van der Waals surface area (Å²) in [5.41, 5.74) is 1.07. The fourth-order valence-corrected chi connectivity index (χ4v) is 1.33. The first-order valence-electron chi connectivity index (χ1n) is 3.96. The fraction of sp³-hybridized carbons (Fsp3) is 0.222. The number of phenolic OH excluding ortho intramolecular Hbond substituents is 1. The van der Waals surface area contributed by atoms with Gasteiger partial charge in [0.1, 0.15) is 5.75 Å². The fourth-order valence-electron chi connectivity index (χ4n) is 1.33. The van der Waals surface area contributed by atoms with E-state index in [2.05, 4.69) is 5.10 Å². The molecule has 2 rings (SSSR count). The van der Waals surface area contributed by atoms with Crippen molar-refractivity contribution >= 4 is 10.9 Å². The third-order valence-corrected chi connectivity index (χ3v) is 1.92. The number of benzene rings is 1. The lowest BCUT2D eigenvalue weighted by Crippen LogP contribution is -1.94. The van der Waals surface area contributed by atoms with Crippen LogP contribution in [-0.2, 0) is 6.54 Å². The maximum Gasteiger partial charge on any atom is 0.116 e. The molecule has 0 aliphatic rings. The quantitative estimate of drug-likeness (QED) is 0.693. The molecule has 0 saturated carbocycles. The summed E-state index contributed by atoms with van der Waals surface area (Å²) in [6, 6.07) is 5.27. The highest BCUT2D eigenvalue weighted by Crippen LogP contribution is 2.18. The van der Waals surface area contributed by atoms with Gasteiger partial charge in [-0.25, -0.2) is 0 Å². The highest BCUT2D eigenvalue weighted by molar-refractivity contribution is 5.79. The van der Waals surface area contributed by atoms with Crippen LogP contribution in [0.4, 0.5) is 0 Å². The summed E-state index contributed by atoms with van der Waals surface area (Å²) in [4.78, 5) is 0. The Morgan fingerprint density at radius 1 is 1.50 bits per heavy atom. The standard InChI is InChI=1S/C9H10N2O/c1-2-11-9-4-3-8(12)5-7(9)6-10-11/h3-6,12H,2H2,1H3. The van der Waals surface area contributed by atoms with E-state index in [9.17, 15) is 5.11 Å². The number of phenols is 1. The zero-order valence-electron chi connectivity index (χ0n) is 6.86. The van der Waals surface area contributed by atoms with Gasteiger partial charge in [0.25, 0.3) is 0 Å². The van der Waals surface area contributed by atoms with Gasteiger partial charge in [-0.05, 0) is 25.1 Å². The molecule has 62 valence electrons. The molecule has 0 atom stereocenters. The number of nitrogens with zero attached hydrogens (tertiary/aromatic N) is 2. The van der Waals surface area contributed by atoms with E-state index in [0.29, 0.717) is 0 Å². The number of aromatic hydroxyl groups is 1. The van der Waals surface area contributed by atoms with Gasteiger partial charge in [0, 0.05) is 11.9 Å². The van der Waals surface area contributed by atoms with Crippen LogP contribution in [0.2, 0.25) is 0 Å². The van der Waals surface area contributed by atoms with Crippen molar-refractivity contribution in [3.63, 3.8) is 0 Å². The number of hydrogen-bond donors (Lipinski definition) is 1. The van der Waals surface area contributed by atoms with E-state index in [0.717, 1.165) is 17.4 Å². The molecule has 1 aromatic heterocycles. The molecule has 0 unspecified atom stereocenters. The maximum atomic E-state index is 9.18. The summed E-state index contributed by atoms with van der Waals surface area (Å²) in [5, 5.41) is 14.3. The third-order valence-electron chi connectivity index (χ3n) is 1.92. The van der Waals surface area contributed by atoms with Crippen molar-refractivity contribution in [1.29, 1.82) is 0 Å². The summed E-state index contributed by atoms with van der Waals surface area (Å²) < 4.78 is 1.90. The second kappa shape index (κ2) is 2.52. The molecular formula is C9H10N2O. The molecular weight excluding hydrogens is 152 g/mol. The molecule has 0 aliphatic heterocycles. The van der Waals surface area contributed by atoms with Gasteiger partial charge in [-0.3, -0.25) is 4.68 Å². The van der Waals surface area contributed by atoms with Gasteiger partial charge in [-0.15, -0.1) is 0 Å². The Hall–Kier alpha value is -1.51. The van der Waals surface area contributed by atoms with E-state index in [1.807, 2.05) is 17.7 Å². The van der Waals surface area contributed by atoms with Crippen molar-refractivity contribution in [1.82, 2.24) is 9.78 Å². The van der Waals surface area contributed by atoms with Crippen molar-refractivity contribution in [2.24, 2.45) is 0 Å². The summed E-state index contributed by atoms with van der Waals surface area (Å²) in [5.74, 6) is 0.290. The first-order chi connectivity index (χ1) is 5.81. The van der Waals surface area contributed by atoms with Crippen LogP contribution in [0.25, 0.3) is 10.9 Å². The molecule has 0 aliphatic carbocycles.